The number of likely N-dealkylation sites (N-methyl/N-ethyl adjacent to an activating group) is 1. The Bertz CT molecular complexity index is 1700. The summed E-state index contributed by atoms with van der Waals surface area (Å²) in [6, 6.07) is -0.864. The smallest absolute Gasteiger partial charge is 0.456 e. The largest absolute Gasteiger partial charge is 0.472 e. The Morgan fingerprint density at radius 3 is 1.23 bits per heavy atom. The van der Waals surface area contributed by atoms with Gasteiger partial charge in [-0.15, -0.1) is 0 Å². The first kappa shape index (κ1) is 74.7. The van der Waals surface area contributed by atoms with Gasteiger partial charge in [0.05, 0.1) is 33.8 Å². The van der Waals surface area contributed by atoms with Gasteiger partial charge in [0.25, 0.3) is 0 Å². The van der Waals surface area contributed by atoms with E-state index < -0.39 is 20.0 Å². The molecule has 2 N–H and O–H groups in total. The fraction of sp³-hybridized carbons (Fsp3) is 0.706. The van der Waals surface area contributed by atoms with Gasteiger partial charge < -0.3 is 19.4 Å². The molecule has 10 heteroatoms. The van der Waals surface area contributed by atoms with Crippen LogP contribution in [0.5, 0.6) is 0 Å². The van der Waals surface area contributed by atoms with Crippen molar-refractivity contribution in [3.63, 3.8) is 0 Å². The Labute approximate surface area is 481 Å². The fourth-order valence-electron chi connectivity index (χ4n) is 8.63. The second kappa shape index (κ2) is 56.9. The summed E-state index contributed by atoms with van der Waals surface area (Å²) in [5, 5.41) is 3.04. The van der Waals surface area contributed by atoms with Gasteiger partial charge in [0.2, 0.25) is 5.91 Å². The summed E-state index contributed by atoms with van der Waals surface area (Å²) in [4.78, 5) is 37.7. The molecule has 78 heavy (non-hydrogen) atoms. The van der Waals surface area contributed by atoms with Crippen LogP contribution in [0.25, 0.3) is 0 Å². The summed E-state index contributed by atoms with van der Waals surface area (Å²) >= 11 is 0. The van der Waals surface area contributed by atoms with Crippen molar-refractivity contribution < 1.29 is 37.3 Å². The van der Waals surface area contributed by atoms with E-state index in [-0.39, 0.29) is 31.5 Å². The molecular formula is C68H120N2O7P+. The van der Waals surface area contributed by atoms with Gasteiger partial charge in [-0.3, -0.25) is 18.6 Å². The number of nitrogens with one attached hydrogen (secondary N) is 1. The third-order valence-corrected chi connectivity index (χ3v) is 14.4. The lowest BCUT2D eigenvalue weighted by atomic mass is 10.0. The van der Waals surface area contributed by atoms with E-state index in [2.05, 4.69) is 123 Å². The zero-order valence-corrected chi connectivity index (χ0v) is 52.0. The van der Waals surface area contributed by atoms with Gasteiger partial charge in [0, 0.05) is 12.8 Å². The molecule has 3 unspecified atom stereocenters. The predicted molar refractivity (Wildman–Crippen MR) is 337 cm³/mol. The normalized spacial score (nSPS) is 14.4. The van der Waals surface area contributed by atoms with Crippen molar-refractivity contribution in [3.8, 4) is 0 Å². The molecule has 0 rings (SSSR count). The number of phosphoric ester groups is 1. The molecule has 0 aromatic heterocycles. The molecule has 0 heterocycles. The lowest BCUT2D eigenvalue weighted by molar-refractivity contribution is -0.870. The Morgan fingerprint density at radius 2 is 0.821 bits per heavy atom. The number of unbranched alkanes of at least 4 members (excludes halogenated alkanes) is 24. The second-order valence-corrected chi connectivity index (χ2v) is 23.6. The van der Waals surface area contributed by atoms with Gasteiger partial charge in [0.15, 0.2) is 0 Å². The maximum absolute atomic E-state index is 13.5. The molecule has 0 aliphatic heterocycles. The fourth-order valence-corrected chi connectivity index (χ4v) is 9.36. The van der Waals surface area contributed by atoms with Gasteiger partial charge in [-0.05, 0) is 109 Å². The second-order valence-electron chi connectivity index (χ2n) is 22.2. The standard InChI is InChI=1S/C68H119N2O7P/c1-7-10-13-16-19-22-25-27-29-31-32-33-34-35-36-37-38-39-41-43-46-49-52-55-58-61-68(72)77-66(59-56-53-50-47-44-24-21-18-15-12-9-3)65(64-76-78(73,74)75-63-62-70(4,5)6)69-67(71)60-57-54-51-48-45-42-40-30-28-26-23-20-17-14-11-8-2/h10-11,13-14,19-20,22-23,27-30,32-33,35-36,56,59,65-66H,7-9,12,15-18,21,24-26,31,34,37-55,57-58,60-64H2,1-6H3,(H-,69,71,73,74)/p+1/b13-10-,14-11+,22-19-,23-20+,29-27-,30-28+,33-32-,36-35-,59-56-. The molecular weight excluding hydrogens is 988 g/mol. The van der Waals surface area contributed by atoms with Crippen molar-refractivity contribution in [1.29, 1.82) is 0 Å². The highest BCUT2D eigenvalue weighted by atomic mass is 31.2. The number of carbonyl (C=O) groups excluding carboxylic acids is 2. The number of hydrogen-bond donors (Lipinski definition) is 2. The van der Waals surface area contributed by atoms with Crippen molar-refractivity contribution in [2.75, 3.05) is 40.9 Å². The monoisotopic (exact) mass is 1110 g/mol. The van der Waals surface area contributed by atoms with Gasteiger partial charge in [-0.2, -0.15) is 0 Å². The summed E-state index contributed by atoms with van der Waals surface area (Å²) in [6.07, 6.45) is 78.0. The lowest BCUT2D eigenvalue weighted by Crippen LogP contribution is -2.47. The topological polar surface area (TPSA) is 111 Å². The number of rotatable bonds is 56. The molecule has 0 aliphatic rings. The molecule has 448 valence electrons. The number of phosphoric acid groups is 1. The predicted octanol–water partition coefficient (Wildman–Crippen LogP) is 19.7. The molecule has 0 aromatic rings. The van der Waals surface area contributed by atoms with Crippen LogP contribution in [0.15, 0.2) is 109 Å². The molecule has 0 saturated heterocycles. The van der Waals surface area contributed by atoms with Crippen molar-refractivity contribution >= 4 is 19.7 Å². The first-order valence-corrected chi connectivity index (χ1v) is 33.2. The summed E-state index contributed by atoms with van der Waals surface area (Å²) in [5.41, 5.74) is 0. The van der Waals surface area contributed by atoms with Crippen molar-refractivity contribution in [3.05, 3.63) is 109 Å². The number of quaternary nitrogens is 1. The van der Waals surface area contributed by atoms with Crippen molar-refractivity contribution in [1.82, 2.24) is 5.32 Å². The molecule has 3 atom stereocenters. The number of nitrogens with zero attached hydrogens (tertiary/aromatic N) is 1. The minimum atomic E-state index is -4.46. The van der Waals surface area contributed by atoms with E-state index in [1.54, 1.807) is 0 Å². The minimum Gasteiger partial charge on any atom is -0.456 e. The number of allylic oxidation sites excluding steroid dienone is 17. The number of carbonyl (C=O) groups is 2. The van der Waals surface area contributed by atoms with Gasteiger partial charge in [0.1, 0.15) is 19.3 Å². The molecule has 0 fully saturated rings. The number of ether oxygens (including phenoxy) is 1. The number of amides is 1. The molecule has 0 radical (unpaired) electrons. The van der Waals surface area contributed by atoms with Crippen LogP contribution in [0.1, 0.15) is 258 Å². The van der Waals surface area contributed by atoms with Crippen molar-refractivity contribution in [2.24, 2.45) is 0 Å². The van der Waals surface area contributed by atoms with E-state index in [9.17, 15) is 19.0 Å². The average Bonchev–Trinajstić information content (AvgIpc) is 3.41. The van der Waals surface area contributed by atoms with Crippen molar-refractivity contribution in [2.45, 2.75) is 270 Å². The van der Waals surface area contributed by atoms with Crippen LogP contribution in [0, 0.1) is 0 Å². The lowest BCUT2D eigenvalue weighted by Gasteiger charge is -2.27. The van der Waals surface area contributed by atoms with Crippen LogP contribution in [-0.4, -0.2) is 74.3 Å². The van der Waals surface area contributed by atoms with Crippen LogP contribution in [-0.2, 0) is 27.9 Å². The maximum atomic E-state index is 13.5. The Kier molecular flexibility index (Phi) is 54.5. The molecule has 9 nitrogen and oxygen atoms in total. The molecule has 0 bridgehead atoms. The van der Waals surface area contributed by atoms with E-state index in [1.165, 1.54) is 77.0 Å². The Balaban J connectivity index is 5.16. The molecule has 0 spiro atoms. The Hall–Kier alpha value is -3.33. The SMILES string of the molecule is CC/C=C\C/C=C\C/C=C\C/C=C\C/C=C\CCCCCCCCCCCC(=O)OC(/C=C\CCCCCCCCCCC)C(COP(=O)(O)OCC[N+](C)(C)C)NC(=O)CCCCCCCC/C=C/C/C=C/C/C=C/CC. The minimum absolute atomic E-state index is 0.0313. The highest BCUT2D eigenvalue weighted by Gasteiger charge is 2.30. The summed E-state index contributed by atoms with van der Waals surface area (Å²) in [6.45, 7) is 6.76. The van der Waals surface area contributed by atoms with Gasteiger partial charge in [-0.25, -0.2) is 4.57 Å². The van der Waals surface area contributed by atoms with Crippen LogP contribution in [0.4, 0.5) is 0 Å². The van der Waals surface area contributed by atoms with Crippen LogP contribution >= 0.6 is 7.82 Å². The molecule has 1 amide bonds. The maximum Gasteiger partial charge on any atom is 0.472 e. The summed E-state index contributed by atoms with van der Waals surface area (Å²) < 4.78 is 30.7. The van der Waals surface area contributed by atoms with E-state index in [0.717, 1.165) is 148 Å². The van der Waals surface area contributed by atoms with E-state index in [0.29, 0.717) is 17.4 Å². The Morgan fingerprint density at radius 1 is 0.462 bits per heavy atom. The summed E-state index contributed by atoms with van der Waals surface area (Å²) in [5.74, 6) is -0.532. The third-order valence-electron chi connectivity index (χ3n) is 13.5. The zero-order chi connectivity index (χ0) is 57.2. The van der Waals surface area contributed by atoms with E-state index in [1.807, 2.05) is 33.3 Å². The third kappa shape index (κ3) is 57.4. The first-order valence-electron chi connectivity index (χ1n) is 31.7. The first-order chi connectivity index (χ1) is 37.9. The van der Waals surface area contributed by atoms with Crippen LogP contribution in [0.3, 0.4) is 0 Å². The van der Waals surface area contributed by atoms with Crippen LogP contribution < -0.4 is 5.32 Å². The number of hydrogen-bond acceptors (Lipinski definition) is 6. The quantitative estimate of drug-likeness (QED) is 0.0205. The van der Waals surface area contributed by atoms with Crippen LogP contribution in [0.2, 0.25) is 0 Å². The average molecular weight is 1110 g/mol. The van der Waals surface area contributed by atoms with E-state index in [4.69, 9.17) is 13.8 Å². The molecule has 0 aromatic carbocycles. The highest BCUT2D eigenvalue weighted by Crippen LogP contribution is 2.43. The van der Waals surface area contributed by atoms with Gasteiger partial charge in [-0.1, -0.05) is 246 Å². The molecule has 0 saturated carbocycles. The van der Waals surface area contributed by atoms with Gasteiger partial charge >= 0.3 is 13.8 Å². The highest BCUT2D eigenvalue weighted by molar-refractivity contribution is 7.47. The molecule has 0 aliphatic carbocycles. The number of esters is 1. The summed E-state index contributed by atoms with van der Waals surface area (Å²) in [7, 11) is 1.47. The zero-order valence-electron chi connectivity index (χ0n) is 51.1. The van der Waals surface area contributed by atoms with E-state index >= 15 is 0 Å².